The highest BCUT2D eigenvalue weighted by Crippen LogP contribution is 2.46. The molecule has 0 amide bonds. The molecule has 4 heterocycles. The summed E-state index contributed by atoms with van der Waals surface area (Å²) in [6.07, 6.45) is 4.31. The van der Waals surface area contributed by atoms with Gasteiger partial charge in [-0.3, -0.25) is 9.10 Å². The van der Waals surface area contributed by atoms with Crippen molar-refractivity contribution in [2.75, 3.05) is 17.5 Å². The molecular weight excluding hydrogens is 422 g/mol. The van der Waals surface area contributed by atoms with E-state index in [4.69, 9.17) is 4.74 Å². The van der Waals surface area contributed by atoms with Crippen LogP contribution in [0.25, 0.3) is 16.7 Å². The number of rotatable bonds is 4. The molecule has 0 saturated heterocycles. The normalized spacial score (nSPS) is 15.8. The first kappa shape index (κ1) is 20.9. The van der Waals surface area contributed by atoms with Crippen molar-refractivity contribution >= 4 is 23.5 Å². The molecular formula is C24H27N5O2S. The average Bonchev–Trinajstić information content (AvgIpc) is 3.38. The number of fused-ring (bicyclic) bond motifs is 2. The maximum absolute atomic E-state index is 13.1. The third kappa shape index (κ3) is 3.52. The molecule has 3 aromatic rings. The largest absolute Gasteiger partial charge is 0.493 e. The second-order valence-corrected chi connectivity index (χ2v) is 9.78. The lowest BCUT2D eigenvalue weighted by atomic mass is 9.98. The molecule has 0 unspecified atom stereocenters. The number of hydrogen-bond acceptors (Lipinski definition) is 6. The van der Waals surface area contributed by atoms with Crippen LogP contribution in [0.2, 0.25) is 0 Å². The van der Waals surface area contributed by atoms with Gasteiger partial charge in [0.25, 0.3) is 5.56 Å². The Morgan fingerprint density at radius 1 is 1.09 bits per heavy atom. The zero-order chi connectivity index (χ0) is 22.4. The fourth-order valence-electron chi connectivity index (χ4n) is 4.23. The molecule has 0 N–H and O–H groups in total. The minimum atomic E-state index is 0.0265. The number of hydrogen-bond donors (Lipinski definition) is 0. The molecule has 166 valence electrons. The molecule has 7 nitrogen and oxygen atoms in total. The van der Waals surface area contributed by atoms with Crippen molar-refractivity contribution in [1.82, 2.24) is 19.3 Å². The highest BCUT2D eigenvalue weighted by atomic mass is 32.2. The van der Waals surface area contributed by atoms with Crippen molar-refractivity contribution in [3.63, 3.8) is 0 Å². The smallest absolute Gasteiger partial charge is 0.258 e. The van der Waals surface area contributed by atoms with Gasteiger partial charge in [0.1, 0.15) is 12.1 Å². The van der Waals surface area contributed by atoms with Crippen LogP contribution in [0.4, 0.5) is 5.95 Å². The number of benzene rings is 1. The summed E-state index contributed by atoms with van der Waals surface area (Å²) in [4.78, 5) is 18.9. The van der Waals surface area contributed by atoms with Crippen molar-refractivity contribution in [2.45, 2.75) is 46.2 Å². The zero-order valence-corrected chi connectivity index (χ0v) is 19.6. The molecule has 0 spiro atoms. The number of ether oxygens (including phenoxy) is 1. The van der Waals surface area contributed by atoms with E-state index in [1.165, 1.54) is 10.5 Å². The Bertz CT molecular complexity index is 1260. The molecule has 0 radical (unpaired) electrons. The molecule has 2 aliphatic rings. The van der Waals surface area contributed by atoms with Crippen molar-refractivity contribution in [1.29, 1.82) is 0 Å². The van der Waals surface area contributed by atoms with Gasteiger partial charge in [0.2, 0.25) is 5.95 Å². The van der Waals surface area contributed by atoms with Crippen LogP contribution in [0.3, 0.4) is 0 Å². The van der Waals surface area contributed by atoms with Crippen LogP contribution < -0.4 is 14.6 Å². The van der Waals surface area contributed by atoms with Gasteiger partial charge in [-0.15, -0.1) is 0 Å². The first-order chi connectivity index (χ1) is 15.4. The van der Waals surface area contributed by atoms with Crippen LogP contribution in [-0.4, -0.2) is 32.5 Å². The Morgan fingerprint density at radius 3 is 2.72 bits per heavy atom. The van der Waals surface area contributed by atoms with Crippen molar-refractivity contribution in [3.05, 3.63) is 63.7 Å². The number of aromatic nitrogens is 4. The third-order valence-electron chi connectivity index (χ3n) is 5.86. The summed E-state index contributed by atoms with van der Waals surface area (Å²) < 4.78 is 12.0. The van der Waals surface area contributed by atoms with Gasteiger partial charge < -0.3 is 9.30 Å². The molecule has 2 aromatic heterocycles. The Kier molecular flexibility index (Phi) is 5.33. The summed E-state index contributed by atoms with van der Waals surface area (Å²) in [5, 5.41) is 4.40. The second kappa shape index (κ2) is 8.16. The topological polar surface area (TPSA) is 65.2 Å². The lowest BCUT2D eigenvalue weighted by Crippen LogP contribution is -2.22. The van der Waals surface area contributed by atoms with Gasteiger partial charge >= 0.3 is 0 Å². The summed E-state index contributed by atoms with van der Waals surface area (Å²) in [6, 6.07) is 10.3. The van der Waals surface area contributed by atoms with Gasteiger partial charge in [-0.05, 0) is 75.0 Å². The van der Waals surface area contributed by atoms with E-state index in [2.05, 4.69) is 34.3 Å². The lowest BCUT2D eigenvalue weighted by Gasteiger charge is -2.20. The van der Waals surface area contributed by atoms with Crippen LogP contribution in [0.15, 0.2) is 52.6 Å². The summed E-state index contributed by atoms with van der Waals surface area (Å²) in [6.45, 7) is 9.61. The minimum Gasteiger partial charge on any atom is -0.493 e. The first-order valence-corrected chi connectivity index (χ1v) is 11.8. The van der Waals surface area contributed by atoms with E-state index >= 15 is 0 Å². The molecule has 0 bridgehead atoms. The lowest BCUT2D eigenvalue weighted by molar-refractivity contribution is 0.326. The third-order valence-corrected chi connectivity index (χ3v) is 7.04. The van der Waals surface area contributed by atoms with E-state index in [-0.39, 0.29) is 17.6 Å². The number of nitrogens with zero attached hydrogens (tertiary/aromatic N) is 5. The highest BCUT2D eigenvalue weighted by molar-refractivity contribution is 8.04. The molecule has 8 heteroatoms. The van der Waals surface area contributed by atoms with Gasteiger partial charge in [0, 0.05) is 34.7 Å². The van der Waals surface area contributed by atoms with Gasteiger partial charge in [0.05, 0.1) is 19.2 Å². The van der Waals surface area contributed by atoms with Gasteiger partial charge in [-0.25, -0.2) is 4.68 Å². The predicted octanol–water partition coefficient (Wildman–Crippen LogP) is 4.93. The van der Waals surface area contributed by atoms with Crippen molar-refractivity contribution in [2.24, 2.45) is 0 Å². The molecule has 0 atom stereocenters. The Labute approximate surface area is 191 Å². The number of anilines is 1. The second-order valence-electron chi connectivity index (χ2n) is 8.67. The molecule has 2 aliphatic heterocycles. The molecule has 1 aromatic carbocycles. The van der Waals surface area contributed by atoms with Crippen LogP contribution in [0, 0.1) is 0 Å². The van der Waals surface area contributed by atoms with Gasteiger partial charge in [0.15, 0.2) is 0 Å². The van der Waals surface area contributed by atoms with Gasteiger partial charge in [-0.1, -0.05) is 6.07 Å². The Balaban J connectivity index is 1.55. The Hall–Kier alpha value is -3.00. The number of pyridine rings is 1. The quantitative estimate of drug-likeness (QED) is 0.526. The van der Waals surface area contributed by atoms with Gasteiger partial charge in [-0.2, -0.15) is 10.1 Å². The zero-order valence-electron chi connectivity index (χ0n) is 18.8. The highest BCUT2D eigenvalue weighted by Gasteiger charge is 2.31. The minimum absolute atomic E-state index is 0.0265. The van der Waals surface area contributed by atoms with E-state index in [0.717, 1.165) is 35.8 Å². The van der Waals surface area contributed by atoms with Crippen LogP contribution in [0.1, 0.15) is 51.8 Å². The van der Waals surface area contributed by atoms with Crippen molar-refractivity contribution < 1.29 is 4.74 Å². The van der Waals surface area contributed by atoms with Crippen molar-refractivity contribution in [3.8, 4) is 16.9 Å². The molecule has 0 fully saturated rings. The summed E-state index contributed by atoms with van der Waals surface area (Å²) in [5.41, 5.74) is 3.94. The monoisotopic (exact) mass is 449 g/mol. The van der Waals surface area contributed by atoms with E-state index in [9.17, 15) is 4.79 Å². The molecule has 0 aliphatic carbocycles. The van der Waals surface area contributed by atoms with Crippen LogP contribution in [0.5, 0.6) is 5.75 Å². The Morgan fingerprint density at radius 2 is 1.94 bits per heavy atom. The SMILES string of the molecule is CC(C)n1ncnc1N1CC2=C(CCOc3ccc(-c4cccn(C(C)C)c4=O)cc32)S1. The fourth-order valence-corrected chi connectivity index (χ4v) is 5.36. The van der Waals surface area contributed by atoms with E-state index < -0.39 is 0 Å². The molecule has 32 heavy (non-hydrogen) atoms. The van der Waals surface area contributed by atoms with Crippen LogP contribution >= 0.6 is 11.9 Å². The van der Waals surface area contributed by atoms with E-state index in [1.54, 1.807) is 22.8 Å². The fraction of sp³-hybridized carbons (Fsp3) is 0.375. The summed E-state index contributed by atoms with van der Waals surface area (Å²) in [7, 11) is 0. The maximum Gasteiger partial charge on any atom is 0.258 e. The molecule has 0 saturated carbocycles. The maximum atomic E-state index is 13.1. The predicted molar refractivity (Wildman–Crippen MR) is 129 cm³/mol. The summed E-state index contributed by atoms with van der Waals surface area (Å²) >= 11 is 1.72. The van der Waals surface area contributed by atoms with E-state index in [1.807, 2.05) is 49.0 Å². The summed E-state index contributed by atoms with van der Waals surface area (Å²) in [5.74, 6) is 1.73. The van der Waals surface area contributed by atoms with E-state index in [0.29, 0.717) is 12.2 Å². The average molecular weight is 450 g/mol. The first-order valence-electron chi connectivity index (χ1n) is 11.0. The standard InChI is InChI=1S/C24H27N5O2S/c1-15(2)27-10-5-6-18(23(27)30)17-7-8-21-19(12-17)20-13-28(32-22(20)9-11-31-21)24-25-14-26-29(24)16(3)4/h5-8,10,12,14-16H,9,11,13H2,1-4H3. The van der Waals surface area contributed by atoms with Crippen LogP contribution in [-0.2, 0) is 0 Å². The molecule has 5 rings (SSSR count).